The van der Waals surface area contributed by atoms with Crippen molar-refractivity contribution in [2.75, 3.05) is 25.1 Å². The quantitative estimate of drug-likeness (QED) is 0.333. The van der Waals surface area contributed by atoms with Crippen LogP contribution in [0.3, 0.4) is 0 Å². The third-order valence-electron chi connectivity index (χ3n) is 7.08. The molecule has 0 bridgehead atoms. The van der Waals surface area contributed by atoms with E-state index in [2.05, 4.69) is 28.1 Å². The molecule has 0 amide bonds. The first-order chi connectivity index (χ1) is 16.6. The zero-order valence-electron chi connectivity index (χ0n) is 19.0. The van der Waals surface area contributed by atoms with Gasteiger partial charge in [-0.1, -0.05) is 29.8 Å². The van der Waals surface area contributed by atoms with E-state index in [1.54, 1.807) is 7.11 Å². The third-order valence-corrected chi connectivity index (χ3v) is 7.37. The lowest BCUT2D eigenvalue weighted by Crippen LogP contribution is -2.34. The highest BCUT2D eigenvalue weighted by atomic mass is 35.5. The van der Waals surface area contributed by atoms with Crippen LogP contribution >= 0.6 is 11.6 Å². The van der Waals surface area contributed by atoms with Crippen molar-refractivity contribution in [1.29, 1.82) is 0 Å². The van der Waals surface area contributed by atoms with Crippen molar-refractivity contribution in [1.82, 2.24) is 14.5 Å². The number of nitrogens with zero attached hydrogens (tertiary/aromatic N) is 4. The van der Waals surface area contributed by atoms with Gasteiger partial charge in [-0.25, -0.2) is 14.4 Å². The van der Waals surface area contributed by atoms with Crippen LogP contribution < -0.4 is 9.64 Å². The average molecular weight is 477 g/mol. The van der Waals surface area contributed by atoms with Gasteiger partial charge in [0.25, 0.3) is 0 Å². The van der Waals surface area contributed by atoms with Crippen LogP contribution in [0.2, 0.25) is 5.02 Å². The van der Waals surface area contributed by atoms with E-state index in [0.29, 0.717) is 29.3 Å². The molecule has 2 aliphatic rings. The fraction of sp³-hybridized carbons (Fsp3) is 0.333. The third kappa shape index (κ3) is 3.70. The largest absolute Gasteiger partial charge is 0.496 e. The Bertz CT molecular complexity index is 1340. The highest BCUT2D eigenvalue weighted by molar-refractivity contribution is 6.35. The molecule has 0 atom stereocenters. The number of anilines is 1. The van der Waals surface area contributed by atoms with Gasteiger partial charge in [-0.05, 0) is 67.5 Å². The molecular weight excluding hydrogens is 451 g/mol. The maximum Gasteiger partial charge on any atom is 0.170 e. The van der Waals surface area contributed by atoms with Crippen molar-refractivity contribution >= 4 is 28.3 Å². The van der Waals surface area contributed by atoms with Crippen LogP contribution in [-0.4, -0.2) is 34.7 Å². The second-order valence-electron chi connectivity index (χ2n) is 9.25. The maximum absolute atomic E-state index is 15.1. The number of benzene rings is 2. The Labute approximate surface area is 203 Å². The summed E-state index contributed by atoms with van der Waals surface area (Å²) in [7, 11) is 1.72. The molecule has 3 heterocycles. The van der Waals surface area contributed by atoms with Gasteiger partial charge in [0.05, 0.1) is 17.6 Å². The number of piperidine rings is 1. The van der Waals surface area contributed by atoms with Crippen LogP contribution in [0.15, 0.2) is 60.9 Å². The van der Waals surface area contributed by atoms with E-state index in [1.165, 1.54) is 5.56 Å². The van der Waals surface area contributed by atoms with Gasteiger partial charge in [-0.15, -0.1) is 0 Å². The molecule has 1 aliphatic carbocycles. The molecule has 6 rings (SSSR count). The van der Waals surface area contributed by atoms with Crippen LogP contribution in [0, 0.1) is 0 Å². The van der Waals surface area contributed by atoms with Gasteiger partial charge >= 0.3 is 0 Å². The maximum atomic E-state index is 15.1. The van der Waals surface area contributed by atoms with Crippen molar-refractivity contribution in [3.05, 3.63) is 77.3 Å². The molecule has 174 valence electrons. The van der Waals surface area contributed by atoms with Crippen LogP contribution in [0.1, 0.15) is 43.0 Å². The molecule has 0 radical (unpaired) electrons. The fourth-order valence-corrected chi connectivity index (χ4v) is 5.25. The number of para-hydroxylation sites is 1. The number of halogens is 2. The van der Waals surface area contributed by atoms with E-state index < -0.39 is 5.67 Å². The van der Waals surface area contributed by atoms with E-state index in [1.807, 2.05) is 47.3 Å². The van der Waals surface area contributed by atoms with Gasteiger partial charge in [0.15, 0.2) is 11.5 Å². The molecule has 2 fully saturated rings. The second-order valence-corrected chi connectivity index (χ2v) is 9.66. The molecule has 1 saturated heterocycles. The van der Waals surface area contributed by atoms with Crippen molar-refractivity contribution in [3.8, 4) is 11.4 Å². The van der Waals surface area contributed by atoms with Crippen LogP contribution in [0.5, 0.6) is 5.75 Å². The fourth-order valence-electron chi connectivity index (χ4n) is 5.00. The normalized spacial score (nSPS) is 17.8. The van der Waals surface area contributed by atoms with E-state index in [9.17, 15) is 0 Å². The zero-order chi connectivity index (χ0) is 23.3. The zero-order valence-corrected chi connectivity index (χ0v) is 19.8. The summed E-state index contributed by atoms with van der Waals surface area (Å²) in [6, 6.07) is 16.1. The Morgan fingerprint density at radius 2 is 1.76 bits per heavy atom. The molecule has 0 spiro atoms. The van der Waals surface area contributed by atoms with E-state index in [0.717, 1.165) is 48.6 Å². The van der Waals surface area contributed by atoms with E-state index >= 15 is 4.39 Å². The lowest BCUT2D eigenvalue weighted by molar-refractivity contribution is 0.301. The van der Waals surface area contributed by atoms with Gasteiger partial charge < -0.3 is 14.2 Å². The number of aromatic nitrogens is 3. The highest BCUT2D eigenvalue weighted by Gasteiger charge is 2.48. The topological polar surface area (TPSA) is 43.2 Å². The summed E-state index contributed by atoms with van der Waals surface area (Å²) in [5.74, 6) is 2.39. The Morgan fingerprint density at radius 3 is 2.47 bits per heavy atom. The predicted octanol–water partition coefficient (Wildman–Crippen LogP) is 6.43. The molecular formula is C27H26ClFN4O. The minimum Gasteiger partial charge on any atom is -0.496 e. The molecule has 5 nitrogen and oxygen atoms in total. The summed E-state index contributed by atoms with van der Waals surface area (Å²) in [6.07, 6.45) is 6.82. The number of hydrogen-bond donors (Lipinski definition) is 0. The Hall–Kier alpha value is -3.12. The summed E-state index contributed by atoms with van der Waals surface area (Å²) in [5, 5.41) is 1.37. The molecule has 0 N–H and O–H groups in total. The molecule has 1 aliphatic heterocycles. The summed E-state index contributed by atoms with van der Waals surface area (Å²) in [5.41, 5.74) is 1.37. The van der Waals surface area contributed by atoms with E-state index in [-0.39, 0.29) is 5.82 Å². The minimum atomic E-state index is -1.43. The van der Waals surface area contributed by atoms with Crippen LogP contribution in [0.4, 0.5) is 10.2 Å². The van der Waals surface area contributed by atoms with Crippen LogP contribution in [-0.2, 0) is 5.67 Å². The van der Waals surface area contributed by atoms with Crippen LogP contribution in [0.25, 0.3) is 16.6 Å². The Kier molecular flexibility index (Phi) is 5.21. The van der Waals surface area contributed by atoms with Gasteiger partial charge in [0.1, 0.15) is 11.6 Å². The van der Waals surface area contributed by atoms with Gasteiger partial charge in [-0.2, -0.15) is 0 Å². The number of fused-ring (bicyclic) bond motifs is 1. The van der Waals surface area contributed by atoms with Crippen molar-refractivity contribution in [2.24, 2.45) is 0 Å². The van der Waals surface area contributed by atoms with Crippen molar-refractivity contribution < 1.29 is 9.13 Å². The summed E-state index contributed by atoms with van der Waals surface area (Å²) < 4.78 is 22.7. The standard InChI is InChI=1S/C27H26ClFN4O/c1-34-23-7-3-2-6-20(23)18-8-14-33(15-9-18)25-21-16-19(32-12-4-5-13-32)17-22(28)24(21)30-26(31-25)27(29)10-11-27/h2-7,12-13,16-18H,8-11,14-15H2,1H3. The SMILES string of the molecule is COc1ccccc1C1CCN(c2nc(C3(F)CC3)nc3c(Cl)cc(-n4cccc4)cc23)CC1. The van der Waals surface area contributed by atoms with Gasteiger partial charge in [0, 0.05) is 36.6 Å². The first-order valence-electron chi connectivity index (χ1n) is 11.8. The van der Waals surface area contributed by atoms with Crippen molar-refractivity contribution in [2.45, 2.75) is 37.3 Å². The summed E-state index contributed by atoms with van der Waals surface area (Å²) in [4.78, 5) is 11.7. The predicted molar refractivity (Wildman–Crippen MR) is 133 cm³/mol. The molecule has 2 aromatic heterocycles. The highest BCUT2D eigenvalue weighted by Crippen LogP contribution is 2.49. The average Bonchev–Trinajstić information content (AvgIpc) is 3.39. The number of ether oxygens (including phenoxy) is 1. The first kappa shape index (κ1) is 21.4. The number of rotatable bonds is 5. The Balaban J connectivity index is 1.39. The number of hydrogen-bond acceptors (Lipinski definition) is 4. The van der Waals surface area contributed by atoms with Crippen molar-refractivity contribution in [3.63, 3.8) is 0 Å². The molecule has 7 heteroatoms. The monoisotopic (exact) mass is 476 g/mol. The molecule has 4 aromatic rings. The van der Waals surface area contributed by atoms with E-state index in [4.69, 9.17) is 21.3 Å². The molecule has 0 unspecified atom stereocenters. The number of methoxy groups -OCH3 is 1. The molecule has 2 aromatic carbocycles. The lowest BCUT2D eigenvalue weighted by Gasteiger charge is -2.34. The lowest BCUT2D eigenvalue weighted by atomic mass is 9.88. The second kappa shape index (κ2) is 8.27. The Morgan fingerprint density at radius 1 is 1.03 bits per heavy atom. The molecule has 34 heavy (non-hydrogen) atoms. The minimum absolute atomic E-state index is 0.262. The summed E-state index contributed by atoms with van der Waals surface area (Å²) in [6.45, 7) is 1.64. The summed E-state index contributed by atoms with van der Waals surface area (Å²) >= 11 is 6.71. The van der Waals surface area contributed by atoms with Gasteiger partial charge in [0.2, 0.25) is 0 Å². The van der Waals surface area contributed by atoms with Gasteiger partial charge in [-0.3, -0.25) is 0 Å². The first-order valence-corrected chi connectivity index (χ1v) is 12.2. The molecule has 1 saturated carbocycles. The smallest absolute Gasteiger partial charge is 0.170 e. The number of alkyl halides is 1.